The van der Waals surface area contributed by atoms with Gasteiger partial charge in [0.05, 0.1) is 17.1 Å². The smallest absolute Gasteiger partial charge is 0.339 e. The van der Waals surface area contributed by atoms with Crippen molar-refractivity contribution in [1.82, 2.24) is 4.57 Å². The molecule has 1 aromatic carbocycles. The van der Waals surface area contributed by atoms with E-state index in [2.05, 4.69) is 5.32 Å². The predicted octanol–water partition coefficient (Wildman–Crippen LogP) is 3.85. The lowest BCUT2D eigenvalue weighted by atomic mass is 9.93. The number of rotatable bonds is 3. The summed E-state index contributed by atoms with van der Waals surface area (Å²) >= 11 is 1.49. The van der Waals surface area contributed by atoms with Crippen molar-refractivity contribution in [3.05, 3.63) is 69.9 Å². The number of carbonyl (C=O) groups excluding carboxylic acids is 1. The summed E-state index contributed by atoms with van der Waals surface area (Å²) in [6.45, 7) is 0. The Morgan fingerprint density at radius 3 is 2.76 bits per heavy atom. The highest BCUT2D eigenvalue weighted by Crippen LogP contribution is 2.43. The molecule has 0 saturated carbocycles. The van der Waals surface area contributed by atoms with Crippen molar-refractivity contribution in [1.29, 1.82) is 0 Å². The standard InChI is InChI=1S/C18H13FN2O3S/c19-12-4-1-2-5-13(12)21-9-11(18(23)24)16-17(21)10(8-15(22)20-16)14-6-3-7-25-14/h1-7,9-10H,8H2,(H,20,22)(H,23,24)/t10-/m1/s1. The molecule has 25 heavy (non-hydrogen) atoms. The third kappa shape index (κ3) is 2.53. The second kappa shape index (κ2) is 5.86. The number of carboxylic acids is 1. The zero-order valence-corrected chi connectivity index (χ0v) is 13.7. The number of halogens is 1. The van der Waals surface area contributed by atoms with Crippen LogP contribution in [-0.2, 0) is 4.79 Å². The van der Waals surface area contributed by atoms with Crippen LogP contribution < -0.4 is 5.32 Å². The molecule has 2 aromatic heterocycles. The van der Waals surface area contributed by atoms with Crippen LogP contribution in [0.15, 0.2) is 48.0 Å². The van der Waals surface area contributed by atoms with E-state index < -0.39 is 11.8 Å². The van der Waals surface area contributed by atoms with Crippen LogP contribution in [0.1, 0.15) is 33.3 Å². The average molecular weight is 356 g/mol. The van der Waals surface area contributed by atoms with Crippen molar-refractivity contribution in [3.63, 3.8) is 0 Å². The Morgan fingerprint density at radius 2 is 2.08 bits per heavy atom. The maximum absolute atomic E-state index is 14.3. The fourth-order valence-electron chi connectivity index (χ4n) is 3.20. The van der Waals surface area contributed by atoms with E-state index in [4.69, 9.17) is 0 Å². The van der Waals surface area contributed by atoms with Gasteiger partial charge in [-0.15, -0.1) is 11.3 Å². The van der Waals surface area contributed by atoms with Gasteiger partial charge in [-0.2, -0.15) is 0 Å². The molecule has 0 unspecified atom stereocenters. The van der Waals surface area contributed by atoms with Gasteiger partial charge in [-0.3, -0.25) is 4.79 Å². The van der Waals surface area contributed by atoms with Crippen LogP contribution in [0, 0.1) is 5.82 Å². The first-order chi connectivity index (χ1) is 12.1. The zero-order valence-electron chi connectivity index (χ0n) is 12.9. The molecule has 4 rings (SSSR count). The van der Waals surface area contributed by atoms with Crippen molar-refractivity contribution < 1.29 is 19.1 Å². The molecule has 0 fully saturated rings. The number of hydrogen-bond acceptors (Lipinski definition) is 3. The molecule has 7 heteroatoms. The van der Waals surface area contributed by atoms with E-state index in [-0.39, 0.29) is 35.2 Å². The van der Waals surface area contributed by atoms with Crippen molar-refractivity contribution in [2.45, 2.75) is 12.3 Å². The summed E-state index contributed by atoms with van der Waals surface area (Å²) in [6.07, 6.45) is 1.56. The van der Waals surface area contributed by atoms with Crippen molar-refractivity contribution in [2.75, 3.05) is 5.32 Å². The van der Waals surface area contributed by atoms with Gasteiger partial charge in [0.2, 0.25) is 5.91 Å². The van der Waals surface area contributed by atoms with Gasteiger partial charge in [0.25, 0.3) is 0 Å². The fraction of sp³-hybridized carbons (Fsp3) is 0.111. The number of para-hydroxylation sites is 1. The molecule has 5 nitrogen and oxygen atoms in total. The lowest BCUT2D eigenvalue weighted by Crippen LogP contribution is -2.25. The topological polar surface area (TPSA) is 71.3 Å². The van der Waals surface area contributed by atoms with E-state index in [0.717, 1.165) is 4.88 Å². The number of aromatic nitrogens is 1. The Kier molecular flexibility index (Phi) is 3.65. The number of hydrogen-bond donors (Lipinski definition) is 2. The molecule has 0 saturated heterocycles. The van der Waals surface area contributed by atoms with E-state index in [9.17, 15) is 19.1 Å². The number of nitrogens with zero attached hydrogens (tertiary/aromatic N) is 1. The van der Waals surface area contributed by atoms with Crippen LogP contribution >= 0.6 is 11.3 Å². The van der Waals surface area contributed by atoms with Crippen LogP contribution in [0.3, 0.4) is 0 Å². The lowest BCUT2D eigenvalue weighted by Gasteiger charge is -2.25. The Bertz CT molecular complexity index is 978. The first-order valence-electron chi connectivity index (χ1n) is 7.63. The number of fused-ring (bicyclic) bond motifs is 1. The number of amides is 1. The summed E-state index contributed by atoms with van der Waals surface area (Å²) in [7, 11) is 0. The molecule has 1 aliphatic heterocycles. The summed E-state index contributed by atoms with van der Waals surface area (Å²) < 4.78 is 15.9. The number of aromatic carboxylic acids is 1. The Balaban J connectivity index is 2.01. The van der Waals surface area contributed by atoms with Crippen LogP contribution in [0.2, 0.25) is 0 Å². The first kappa shape index (κ1) is 15.6. The third-order valence-corrected chi connectivity index (χ3v) is 5.24. The summed E-state index contributed by atoms with van der Waals surface area (Å²) in [5.41, 5.74) is 1.03. The summed E-state index contributed by atoms with van der Waals surface area (Å²) in [5, 5.41) is 14.1. The maximum Gasteiger partial charge on any atom is 0.339 e. The molecule has 3 aromatic rings. The minimum absolute atomic E-state index is 0.0483. The van der Waals surface area contributed by atoms with Gasteiger partial charge in [-0.05, 0) is 23.6 Å². The molecule has 0 aliphatic carbocycles. The minimum Gasteiger partial charge on any atom is -0.478 e. The van der Waals surface area contributed by atoms with Crippen LogP contribution in [0.25, 0.3) is 5.69 Å². The number of thiophene rings is 1. The van der Waals surface area contributed by atoms with Gasteiger partial charge in [0.1, 0.15) is 11.4 Å². The van der Waals surface area contributed by atoms with Crippen molar-refractivity contribution >= 4 is 28.9 Å². The predicted molar refractivity (Wildman–Crippen MR) is 92.1 cm³/mol. The van der Waals surface area contributed by atoms with Gasteiger partial charge in [-0.1, -0.05) is 18.2 Å². The van der Waals surface area contributed by atoms with Gasteiger partial charge in [0.15, 0.2) is 0 Å². The number of carboxylic acid groups (broad SMARTS) is 1. The zero-order chi connectivity index (χ0) is 17.6. The SMILES string of the molecule is O=C1C[C@H](c2cccs2)c2c(c(C(=O)O)cn2-c2ccccc2F)N1. The molecular formula is C18H13FN2O3S. The summed E-state index contributed by atoms with van der Waals surface area (Å²) in [5.74, 6) is -2.20. The highest BCUT2D eigenvalue weighted by molar-refractivity contribution is 7.10. The Hall–Kier alpha value is -2.93. The molecule has 1 atom stereocenters. The molecule has 126 valence electrons. The van der Waals surface area contributed by atoms with Crippen molar-refractivity contribution in [3.8, 4) is 5.69 Å². The molecule has 2 N–H and O–H groups in total. The Labute approximate surface area is 146 Å². The third-order valence-electron chi connectivity index (χ3n) is 4.26. The molecular weight excluding hydrogens is 343 g/mol. The summed E-state index contributed by atoms with van der Waals surface area (Å²) in [4.78, 5) is 24.7. The highest BCUT2D eigenvalue weighted by Gasteiger charge is 2.35. The molecule has 3 heterocycles. The maximum atomic E-state index is 14.3. The highest BCUT2D eigenvalue weighted by atomic mass is 32.1. The number of carbonyl (C=O) groups is 2. The largest absolute Gasteiger partial charge is 0.478 e. The van der Waals surface area contributed by atoms with Crippen LogP contribution in [-0.4, -0.2) is 21.6 Å². The first-order valence-corrected chi connectivity index (χ1v) is 8.51. The molecule has 0 bridgehead atoms. The van der Waals surface area contributed by atoms with E-state index in [1.54, 1.807) is 18.2 Å². The lowest BCUT2D eigenvalue weighted by molar-refractivity contribution is -0.116. The van der Waals surface area contributed by atoms with E-state index in [1.165, 1.54) is 28.2 Å². The quantitative estimate of drug-likeness (QED) is 0.749. The molecule has 1 aliphatic rings. The van der Waals surface area contributed by atoms with Gasteiger partial charge in [0, 0.05) is 23.4 Å². The van der Waals surface area contributed by atoms with Crippen LogP contribution in [0.5, 0.6) is 0 Å². The second-order valence-electron chi connectivity index (χ2n) is 5.75. The number of anilines is 1. The Morgan fingerprint density at radius 1 is 1.28 bits per heavy atom. The van der Waals surface area contributed by atoms with E-state index >= 15 is 0 Å². The number of benzene rings is 1. The van der Waals surface area contributed by atoms with Gasteiger partial charge < -0.3 is 15.0 Å². The van der Waals surface area contributed by atoms with E-state index in [1.807, 2.05) is 17.5 Å². The van der Waals surface area contributed by atoms with Crippen molar-refractivity contribution in [2.24, 2.45) is 0 Å². The second-order valence-corrected chi connectivity index (χ2v) is 6.73. The molecule has 0 spiro atoms. The summed E-state index contributed by atoms with van der Waals surface area (Å²) in [6, 6.07) is 9.95. The van der Waals surface area contributed by atoms with Gasteiger partial charge >= 0.3 is 5.97 Å². The van der Waals surface area contributed by atoms with Gasteiger partial charge in [-0.25, -0.2) is 9.18 Å². The average Bonchev–Trinajstić information content (AvgIpc) is 3.22. The van der Waals surface area contributed by atoms with E-state index in [0.29, 0.717) is 5.69 Å². The molecule has 0 radical (unpaired) electrons. The molecule has 1 amide bonds. The minimum atomic E-state index is -1.17. The van der Waals surface area contributed by atoms with Crippen LogP contribution in [0.4, 0.5) is 10.1 Å². The number of nitrogens with one attached hydrogen (secondary N) is 1. The monoisotopic (exact) mass is 356 g/mol. The fourth-order valence-corrected chi connectivity index (χ4v) is 4.03. The normalized spacial score (nSPS) is 16.4.